The number of carbonyl (C=O) groups is 2. The van der Waals surface area contributed by atoms with Gasteiger partial charge < -0.3 is 16.2 Å². The fourth-order valence-electron chi connectivity index (χ4n) is 0.665. The second-order valence-electron chi connectivity index (χ2n) is 4.04. The number of nitrogens with two attached hydrogens (primary N) is 1. The molecule has 0 aromatic carbocycles. The van der Waals surface area contributed by atoms with E-state index in [2.05, 4.69) is 5.32 Å². The van der Waals surface area contributed by atoms with Gasteiger partial charge in [-0.3, -0.25) is 9.59 Å². The lowest BCUT2D eigenvalue weighted by molar-refractivity contribution is -0.146. The molecule has 1 atom stereocenters. The second kappa shape index (κ2) is 4.95. The van der Waals surface area contributed by atoms with E-state index in [1.165, 1.54) is 0 Å². The van der Waals surface area contributed by atoms with Gasteiger partial charge in [-0.05, 0) is 13.8 Å². The van der Waals surface area contributed by atoms with E-state index < -0.39 is 11.4 Å². The van der Waals surface area contributed by atoms with Gasteiger partial charge >= 0.3 is 5.97 Å². The van der Waals surface area contributed by atoms with Crippen LogP contribution in [-0.2, 0) is 9.59 Å². The van der Waals surface area contributed by atoms with Gasteiger partial charge in [0.25, 0.3) is 0 Å². The molecule has 1 unspecified atom stereocenters. The van der Waals surface area contributed by atoms with Gasteiger partial charge in [-0.15, -0.1) is 0 Å². The van der Waals surface area contributed by atoms with Gasteiger partial charge in [-0.2, -0.15) is 0 Å². The molecule has 0 bridgehead atoms. The zero-order chi connectivity index (χ0) is 11.4. The summed E-state index contributed by atoms with van der Waals surface area (Å²) >= 11 is 0. The number of hydrogen-bond acceptors (Lipinski definition) is 3. The van der Waals surface area contributed by atoms with Crippen LogP contribution >= 0.6 is 0 Å². The van der Waals surface area contributed by atoms with Crippen molar-refractivity contribution >= 4 is 11.9 Å². The smallest absolute Gasteiger partial charge is 0.310 e. The summed E-state index contributed by atoms with van der Waals surface area (Å²) in [6, 6.07) is 0. The monoisotopic (exact) mass is 202 g/mol. The quantitative estimate of drug-likeness (QED) is 0.576. The third-order valence-electron chi connectivity index (χ3n) is 2.08. The van der Waals surface area contributed by atoms with Crippen LogP contribution in [-0.4, -0.2) is 30.1 Å². The number of carbonyl (C=O) groups excluding carboxylic acids is 1. The molecule has 0 saturated heterocycles. The molecule has 5 nitrogen and oxygen atoms in total. The first-order chi connectivity index (χ1) is 6.31. The average Bonchev–Trinajstić information content (AvgIpc) is 2.12. The molecule has 0 aromatic heterocycles. The topological polar surface area (TPSA) is 92.4 Å². The molecule has 4 N–H and O–H groups in total. The standard InChI is InChI=1S/C9H18N2O3/c1-6(4-10)7(12)11-5-9(2,3)8(13)14/h6H,4-5,10H2,1-3H3,(H,11,12)(H,13,14). The minimum Gasteiger partial charge on any atom is -0.481 e. The Hall–Kier alpha value is -1.10. The van der Waals surface area contributed by atoms with Crippen molar-refractivity contribution < 1.29 is 14.7 Å². The van der Waals surface area contributed by atoms with E-state index in [0.717, 1.165) is 0 Å². The summed E-state index contributed by atoms with van der Waals surface area (Å²) in [5.74, 6) is -1.42. The highest BCUT2D eigenvalue weighted by Gasteiger charge is 2.28. The van der Waals surface area contributed by atoms with E-state index >= 15 is 0 Å². The Morgan fingerprint density at radius 1 is 1.50 bits per heavy atom. The van der Waals surface area contributed by atoms with Crippen LogP contribution in [0.2, 0.25) is 0 Å². The zero-order valence-corrected chi connectivity index (χ0v) is 8.83. The molecule has 14 heavy (non-hydrogen) atoms. The molecule has 0 fully saturated rings. The minimum absolute atomic E-state index is 0.117. The number of hydrogen-bond donors (Lipinski definition) is 3. The molecule has 0 saturated carbocycles. The minimum atomic E-state index is -0.940. The molecule has 0 rings (SSSR count). The largest absolute Gasteiger partial charge is 0.481 e. The number of amides is 1. The van der Waals surface area contributed by atoms with Crippen LogP contribution in [0.15, 0.2) is 0 Å². The SMILES string of the molecule is CC(CN)C(=O)NCC(C)(C)C(=O)O. The van der Waals surface area contributed by atoms with E-state index in [0.29, 0.717) is 0 Å². The van der Waals surface area contributed by atoms with Crippen molar-refractivity contribution in [1.82, 2.24) is 5.32 Å². The zero-order valence-electron chi connectivity index (χ0n) is 8.83. The molecular weight excluding hydrogens is 184 g/mol. The molecule has 0 heterocycles. The van der Waals surface area contributed by atoms with Crippen LogP contribution in [0.3, 0.4) is 0 Å². The van der Waals surface area contributed by atoms with Crippen LogP contribution < -0.4 is 11.1 Å². The maximum atomic E-state index is 11.3. The van der Waals surface area contributed by atoms with E-state index in [1.807, 2.05) is 0 Å². The lowest BCUT2D eigenvalue weighted by atomic mass is 9.93. The van der Waals surface area contributed by atoms with E-state index in [-0.39, 0.29) is 24.9 Å². The van der Waals surface area contributed by atoms with Gasteiger partial charge in [0.1, 0.15) is 0 Å². The first-order valence-electron chi connectivity index (χ1n) is 4.52. The molecule has 0 aliphatic heterocycles. The molecule has 1 amide bonds. The lowest BCUT2D eigenvalue weighted by Crippen LogP contribution is -2.42. The van der Waals surface area contributed by atoms with Crippen LogP contribution in [0.25, 0.3) is 0 Å². The van der Waals surface area contributed by atoms with Gasteiger partial charge in [0.2, 0.25) is 5.91 Å². The van der Waals surface area contributed by atoms with Crippen molar-refractivity contribution in [2.75, 3.05) is 13.1 Å². The van der Waals surface area contributed by atoms with Crippen LogP contribution in [0.5, 0.6) is 0 Å². The van der Waals surface area contributed by atoms with E-state index in [1.54, 1.807) is 20.8 Å². The Morgan fingerprint density at radius 3 is 2.36 bits per heavy atom. The van der Waals surface area contributed by atoms with Crippen molar-refractivity contribution in [3.63, 3.8) is 0 Å². The van der Waals surface area contributed by atoms with Gasteiger partial charge in [0.05, 0.1) is 5.41 Å². The molecule has 0 spiro atoms. The van der Waals surface area contributed by atoms with Crippen molar-refractivity contribution in [3.05, 3.63) is 0 Å². The predicted molar refractivity (Wildman–Crippen MR) is 52.6 cm³/mol. The summed E-state index contributed by atoms with van der Waals surface area (Å²) in [5, 5.41) is 11.3. The van der Waals surface area contributed by atoms with Crippen molar-refractivity contribution in [3.8, 4) is 0 Å². The van der Waals surface area contributed by atoms with Crippen molar-refractivity contribution in [2.24, 2.45) is 17.1 Å². The number of nitrogens with one attached hydrogen (secondary N) is 1. The number of rotatable bonds is 5. The molecule has 82 valence electrons. The van der Waals surface area contributed by atoms with Crippen LogP contribution in [0.4, 0.5) is 0 Å². The molecule has 0 aromatic rings. The van der Waals surface area contributed by atoms with Gasteiger partial charge in [-0.25, -0.2) is 0 Å². The maximum absolute atomic E-state index is 11.3. The number of aliphatic carboxylic acids is 1. The lowest BCUT2D eigenvalue weighted by Gasteiger charge is -2.20. The fraction of sp³-hybridized carbons (Fsp3) is 0.778. The van der Waals surface area contributed by atoms with Crippen molar-refractivity contribution in [1.29, 1.82) is 0 Å². The third kappa shape index (κ3) is 3.74. The summed E-state index contributed by atoms with van der Waals surface area (Å²) in [6.45, 7) is 5.19. The Morgan fingerprint density at radius 2 is 2.00 bits per heavy atom. The first kappa shape index (κ1) is 12.9. The summed E-state index contributed by atoms with van der Waals surface area (Å²) in [6.07, 6.45) is 0. The number of carboxylic acid groups (broad SMARTS) is 1. The Bertz CT molecular complexity index is 226. The molecule has 0 aliphatic rings. The van der Waals surface area contributed by atoms with E-state index in [9.17, 15) is 9.59 Å². The van der Waals surface area contributed by atoms with Crippen molar-refractivity contribution in [2.45, 2.75) is 20.8 Å². The molecule has 0 radical (unpaired) electrons. The Labute approximate surface area is 83.7 Å². The fourth-order valence-corrected chi connectivity index (χ4v) is 0.665. The molecule has 0 aliphatic carbocycles. The highest BCUT2D eigenvalue weighted by Crippen LogP contribution is 2.13. The first-order valence-corrected chi connectivity index (χ1v) is 4.52. The van der Waals surface area contributed by atoms with E-state index in [4.69, 9.17) is 10.8 Å². The van der Waals surface area contributed by atoms with Gasteiger partial charge in [0.15, 0.2) is 0 Å². The highest BCUT2D eigenvalue weighted by molar-refractivity contribution is 5.80. The normalized spacial score (nSPS) is 13.4. The average molecular weight is 202 g/mol. The molecular formula is C9H18N2O3. The predicted octanol–water partition coefficient (Wildman–Crippen LogP) is -0.192. The molecule has 5 heteroatoms. The Balaban J connectivity index is 4.06. The summed E-state index contributed by atoms with van der Waals surface area (Å²) in [5.41, 5.74) is 4.35. The summed E-state index contributed by atoms with van der Waals surface area (Å²) in [4.78, 5) is 22.0. The summed E-state index contributed by atoms with van der Waals surface area (Å²) < 4.78 is 0. The number of carboxylic acids is 1. The maximum Gasteiger partial charge on any atom is 0.310 e. The third-order valence-corrected chi connectivity index (χ3v) is 2.08. The Kier molecular flexibility index (Phi) is 4.56. The van der Waals surface area contributed by atoms with Gasteiger partial charge in [-0.1, -0.05) is 6.92 Å². The van der Waals surface area contributed by atoms with Crippen LogP contribution in [0.1, 0.15) is 20.8 Å². The van der Waals surface area contributed by atoms with Crippen LogP contribution in [0, 0.1) is 11.3 Å². The second-order valence-corrected chi connectivity index (χ2v) is 4.04. The summed E-state index contributed by atoms with van der Waals surface area (Å²) in [7, 11) is 0. The van der Waals surface area contributed by atoms with Gasteiger partial charge in [0, 0.05) is 19.0 Å². The highest BCUT2D eigenvalue weighted by atomic mass is 16.4.